The summed E-state index contributed by atoms with van der Waals surface area (Å²) in [5, 5.41) is 0. The van der Waals surface area contributed by atoms with Crippen LogP contribution in [0, 0.1) is 0 Å². The third-order valence-electron chi connectivity index (χ3n) is 9.30. The van der Waals surface area contributed by atoms with Crippen LogP contribution in [-0.4, -0.2) is 23.9 Å². The number of rotatable bonds is 34. The summed E-state index contributed by atoms with van der Waals surface area (Å²) in [6.45, 7) is 9.44. The van der Waals surface area contributed by atoms with Gasteiger partial charge in [0.2, 0.25) is 5.91 Å². The van der Waals surface area contributed by atoms with Crippen LogP contribution in [0.25, 0.3) is 0 Å². The Morgan fingerprint density at radius 1 is 0.511 bits per heavy atom. The van der Waals surface area contributed by atoms with Gasteiger partial charge in [0.05, 0.1) is 0 Å². The van der Waals surface area contributed by atoms with Gasteiger partial charge in [-0.2, -0.15) is 5.48 Å². The van der Waals surface area contributed by atoms with Gasteiger partial charge in [0.25, 0.3) is 0 Å². The average molecular weight is 629 g/mol. The normalized spacial score (nSPS) is 11.4. The monoisotopic (exact) mass is 629 g/mol. The Kier molecular flexibility index (Phi) is 29.9. The van der Waals surface area contributed by atoms with Gasteiger partial charge in [-0.05, 0) is 43.6 Å². The topological polar surface area (TPSA) is 41.6 Å². The van der Waals surface area contributed by atoms with E-state index in [-0.39, 0.29) is 5.91 Å². The smallest absolute Gasteiger partial charge is 0.249 e. The lowest BCUT2D eigenvalue weighted by molar-refractivity contribution is -0.125. The van der Waals surface area contributed by atoms with Crippen molar-refractivity contribution in [3.8, 4) is 5.75 Å². The standard InChI is InChI=1S/C41H76N2O2/c1-4-6-8-10-12-14-16-18-20-22-24-26-28-30-36-43(38-40-32-34-41(35-33-40)45-42-39(3)44)37-31-29-27-25-23-21-19-17-15-13-11-9-7-5-2/h32-35H,4-31,36-38H2,1-3H3,(H,42,44). The van der Waals surface area contributed by atoms with Crippen molar-refractivity contribution in [2.75, 3.05) is 13.1 Å². The number of nitrogens with zero attached hydrogens (tertiary/aromatic N) is 1. The Morgan fingerprint density at radius 3 is 1.13 bits per heavy atom. The summed E-state index contributed by atoms with van der Waals surface area (Å²) in [5.41, 5.74) is 3.73. The van der Waals surface area contributed by atoms with Crippen molar-refractivity contribution in [3.63, 3.8) is 0 Å². The molecule has 1 aromatic carbocycles. The summed E-state index contributed by atoms with van der Waals surface area (Å²) in [6.07, 6.45) is 39.5. The molecule has 0 saturated carbocycles. The first-order chi connectivity index (χ1) is 22.2. The average Bonchev–Trinajstić information content (AvgIpc) is 3.04. The SMILES string of the molecule is CCCCCCCCCCCCCCCCN(CCCCCCCCCCCCCCCC)Cc1ccc(ONC(C)=O)cc1. The maximum Gasteiger partial charge on any atom is 0.249 e. The molecule has 45 heavy (non-hydrogen) atoms. The maximum atomic E-state index is 11.1. The van der Waals surface area contributed by atoms with Crippen molar-refractivity contribution in [1.29, 1.82) is 0 Å². The summed E-state index contributed by atoms with van der Waals surface area (Å²) < 4.78 is 0. The fourth-order valence-corrected chi connectivity index (χ4v) is 6.38. The quantitative estimate of drug-likeness (QED) is 0.0610. The second-order valence-electron chi connectivity index (χ2n) is 13.9. The zero-order valence-electron chi connectivity index (χ0n) is 30.5. The molecule has 0 fully saturated rings. The van der Waals surface area contributed by atoms with Crippen molar-refractivity contribution in [3.05, 3.63) is 29.8 Å². The molecule has 4 heteroatoms. The number of amides is 1. The van der Waals surface area contributed by atoms with Gasteiger partial charge in [-0.3, -0.25) is 9.69 Å². The van der Waals surface area contributed by atoms with Crippen LogP contribution in [0.2, 0.25) is 0 Å². The molecule has 0 aliphatic carbocycles. The Labute approximate surface area is 281 Å². The van der Waals surface area contributed by atoms with Gasteiger partial charge in [-0.15, -0.1) is 0 Å². The summed E-state index contributed by atoms with van der Waals surface area (Å²) in [4.78, 5) is 19.1. The highest BCUT2D eigenvalue weighted by Crippen LogP contribution is 2.17. The van der Waals surface area contributed by atoms with E-state index < -0.39 is 0 Å². The number of hydrogen-bond acceptors (Lipinski definition) is 3. The Hall–Kier alpha value is -1.55. The molecule has 0 bridgehead atoms. The highest BCUT2D eigenvalue weighted by molar-refractivity contribution is 5.71. The predicted molar refractivity (Wildman–Crippen MR) is 197 cm³/mol. The van der Waals surface area contributed by atoms with Crippen LogP contribution in [0.15, 0.2) is 24.3 Å². The molecule has 0 radical (unpaired) electrons. The number of unbranched alkanes of at least 4 members (excludes halogenated alkanes) is 26. The first-order valence-electron chi connectivity index (χ1n) is 19.9. The van der Waals surface area contributed by atoms with Crippen molar-refractivity contribution in [2.45, 2.75) is 207 Å². The lowest BCUT2D eigenvalue weighted by Gasteiger charge is -2.23. The molecule has 0 saturated heterocycles. The van der Waals surface area contributed by atoms with Crippen LogP contribution < -0.4 is 10.3 Å². The van der Waals surface area contributed by atoms with Crippen molar-refractivity contribution < 1.29 is 9.63 Å². The molecule has 0 spiro atoms. The van der Waals surface area contributed by atoms with Gasteiger partial charge in [0, 0.05) is 13.5 Å². The first-order valence-corrected chi connectivity index (χ1v) is 19.9. The molecule has 0 aromatic heterocycles. The fourth-order valence-electron chi connectivity index (χ4n) is 6.38. The van der Waals surface area contributed by atoms with Crippen molar-refractivity contribution >= 4 is 5.91 Å². The summed E-state index contributed by atoms with van der Waals surface area (Å²) >= 11 is 0. The van der Waals surface area contributed by atoms with Crippen molar-refractivity contribution in [2.24, 2.45) is 0 Å². The van der Waals surface area contributed by atoms with Gasteiger partial charge < -0.3 is 4.84 Å². The molecule has 0 heterocycles. The number of hydroxylamine groups is 1. The molecule has 1 aromatic rings. The lowest BCUT2D eigenvalue weighted by atomic mass is 10.0. The highest BCUT2D eigenvalue weighted by atomic mass is 16.7. The minimum atomic E-state index is -0.188. The first kappa shape index (κ1) is 41.5. The highest BCUT2D eigenvalue weighted by Gasteiger charge is 2.07. The molecule has 4 nitrogen and oxygen atoms in total. The number of hydrogen-bond donors (Lipinski definition) is 1. The molecule has 1 amide bonds. The minimum absolute atomic E-state index is 0.188. The largest absolute Gasteiger partial charge is 0.380 e. The third-order valence-corrected chi connectivity index (χ3v) is 9.30. The Balaban J connectivity index is 2.21. The van der Waals surface area contributed by atoms with Crippen LogP contribution in [0.3, 0.4) is 0 Å². The van der Waals surface area contributed by atoms with Gasteiger partial charge in [-0.25, -0.2) is 0 Å². The number of carbonyl (C=O) groups excluding carboxylic acids is 1. The molecule has 1 N–H and O–H groups in total. The molecule has 262 valence electrons. The van der Waals surface area contributed by atoms with E-state index in [9.17, 15) is 4.79 Å². The Morgan fingerprint density at radius 2 is 0.822 bits per heavy atom. The number of carbonyl (C=O) groups is 1. The predicted octanol–water partition coefficient (Wildman–Crippen LogP) is 12.9. The summed E-state index contributed by atoms with van der Waals surface area (Å²) in [6, 6.07) is 8.20. The molecular formula is C41H76N2O2. The Bertz CT molecular complexity index is 718. The summed E-state index contributed by atoms with van der Waals surface area (Å²) in [5.74, 6) is 0.492. The van der Waals surface area contributed by atoms with E-state index >= 15 is 0 Å². The zero-order valence-corrected chi connectivity index (χ0v) is 30.5. The van der Waals surface area contributed by atoms with Crippen LogP contribution in [0.4, 0.5) is 0 Å². The van der Waals surface area contributed by atoms with Crippen LogP contribution in [0.5, 0.6) is 5.75 Å². The van der Waals surface area contributed by atoms with E-state index in [0.717, 1.165) is 6.54 Å². The molecule has 0 aliphatic rings. The van der Waals surface area contributed by atoms with E-state index in [1.165, 1.54) is 205 Å². The third kappa shape index (κ3) is 28.4. The molecule has 0 unspecified atom stereocenters. The second-order valence-corrected chi connectivity index (χ2v) is 13.9. The van der Waals surface area contributed by atoms with E-state index in [2.05, 4.69) is 36.4 Å². The second kappa shape index (κ2) is 32.4. The molecule has 0 aliphatic heterocycles. The van der Waals surface area contributed by atoms with E-state index in [4.69, 9.17) is 4.84 Å². The molecule has 0 atom stereocenters. The lowest BCUT2D eigenvalue weighted by Crippen LogP contribution is -2.26. The van der Waals surface area contributed by atoms with Gasteiger partial charge in [-0.1, -0.05) is 193 Å². The van der Waals surface area contributed by atoms with Gasteiger partial charge >= 0.3 is 0 Å². The maximum absolute atomic E-state index is 11.1. The molecular weight excluding hydrogens is 552 g/mol. The minimum Gasteiger partial charge on any atom is -0.380 e. The van der Waals surface area contributed by atoms with E-state index in [1.807, 2.05) is 12.1 Å². The van der Waals surface area contributed by atoms with Gasteiger partial charge in [0.1, 0.15) is 0 Å². The zero-order chi connectivity index (χ0) is 32.5. The molecule has 1 rings (SSSR count). The fraction of sp³-hybridized carbons (Fsp3) is 0.829. The number of benzene rings is 1. The van der Waals surface area contributed by atoms with E-state index in [1.54, 1.807) is 0 Å². The van der Waals surface area contributed by atoms with Crippen LogP contribution in [0.1, 0.15) is 206 Å². The number of nitrogens with one attached hydrogen (secondary N) is 1. The van der Waals surface area contributed by atoms with Crippen molar-refractivity contribution in [1.82, 2.24) is 10.4 Å². The van der Waals surface area contributed by atoms with E-state index in [0.29, 0.717) is 5.75 Å². The van der Waals surface area contributed by atoms with Crippen LogP contribution in [-0.2, 0) is 11.3 Å². The van der Waals surface area contributed by atoms with Crippen LogP contribution >= 0.6 is 0 Å². The van der Waals surface area contributed by atoms with Gasteiger partial charge in [0.15, 0.2) is 5.75 Å². The summed E-state index contributed by atoms with van der Waals surface area (Å²) in [7, 11) is 0.